The zero-order chi connectivity index (χ0) is 28.8. The van der Waals surface area contributed by atoms with Crippen molar-refractivity contribution < 1.29 is 29.6 Å². The number of carbonyl (C=O) groups excluding carboxylic acids is 1. The molecule has 0 aromatic heterocycles. The molecule has 8 unspecified atom stereocenters. The van der Waals surface area contributed by atoms with Crippen molar-refractivity contribution in [3.05, 3.63) is 0 Å². The summed E-state index contributed by atoms with van der Waals surface area (Å²) in [5.41, 5.74) is -0.985. The van der Waals surface area contributed by atoms with Gasteiger partial charge in [-0.25, -0.2) is 0 Å². The van der Waals surface area contributed by atoms with Crippen LogP contribution in [0.4, 0.5) is 0 Å². The summed E-state index contributed by atoms with van der Waals surface area (Å²) in [5.74, 6) is 1.27. The molecule has 1 aliphatic heterocycles. The van der Waals surface area contributed by atoms with Crippen LogP contribution in [0.2, 0.25) is 0 Å². The van der Waals surface area contributed by atoms with E-state index in [1.807, 2.05) is 0 Å². The lowest BCUT2D eigenvalue weighted by molar-refractivity contribution is -0.218. The number of carbonyl (C=O) groups is 1. The van der Waals surface area contributed by atoms with E-state index < -0.39 is 23.9 Å². The number of aliphatic hydroxyl groups excluding tert-OH is 2. The molecule has 2 spiro atoms. The van der Waals surface area contributed by atoms with Crippen LogP contribution in [0.3, 0.4) is 0 Å². The van der Waals surface area contributed by atoms with E-state index in [1.165, 1.54) is 12.8 Å². The highest BCUT2D eigenvalue weighted by atomic mass is 16.6. The van der Waals surface area contributed by atoms with Crippen LogP contribution >= 0.6 is 0 Å². The Morgan fingerprint density at radius 1 is 0.950 bits per heavy atom. The minimum absolute atomic E-state index is 0.0351. The van der Waals surface area contributed by atoms with E-state index in [2.05, 4.69) is 34.6 Å². The van der Waals surface area contributed by atoms with E-state index in [0.29, 0.717) is 17.3 Å². The second kappa shape index (κ2) is 8.27. The molecule has 0 bridgehead atoms. The highest BCUT2D eigenvalue weighted by Crippen LogP contribution is 2.89. The van der Waals surface area contributed by atoms with Crippen molar-refractivity contribution in [2.75, 3.05) is 0 Å². The highest BCUT2D eigenvalue weighted by Gasteiger charge is 2.84. The van der Waals surface area contributed by atoms with Gasteiger partial charge in [-0.15, -0.1) is 0 Å². The number of hydrogen-bond acceptors (Lipinski definition) is 6. The predicted octanol–water partition coefficient (Wildman–Crippen LogP) is 5.25. The van der Waals surface area contributed by atoms with E-state index in [1.54, 1.807) is 13.8 Å². The van der Waals surface area contributed by atoms with Crippen LogP contribution in [0.5, 0.6) is 0 Å². The fraction of sp³-hybridized carbons (Fsp3) is 0.971. The molecule has 1 heterocycles. The third-order valence-corrected chi connectivity index (χ3v) is 15.0. The second-order valence-corrected chi connectivity index (χ2v) is 17.4. The molecule has 0 aromatic carbocycles. The number of rotatable bonds is 4. The van der Waals surface area contributed by atoms with Crippen LogP contribution in [-0.4, -0.2) is 57.4 Å². The van der Waals surface area contributed by atoms with Gasteiger partial charge in [-0.05, 0) is 123 Å². The maximum atomic E-state index is 12.7. The average molecular weight is 559 g/mol. The van der Waals surface area contributed by atoms with Gasteiger partial charge in [0.1, 0.15) is 0 Å². The number of ether oxygens (including phenoxy) is 2. The summed E-state index contributed by atoms with van der Waals surface area (Å²) in [4.78, 5) is 12.7. The standard InChI is InChI=1S/C34H54O6/c1-18-16-20(27(30(4,5)38)40-28(37)19-8-9-19)39-25-24(18)31(6)14-15-34-17-33(34)13-12-23(35)29(2,3)21(33)10-11-22(34)32(31,7)26(25)36/h18-27,35-36,38H,8-17H2,1-7H3/t18-,20?,21+,22?,23?,24+,25?,26+,27?,31?,32-,33?,34?/m1/s1. The zero-order valence-corrected chi connectivity index (χ0v) is 25.9. The minimum atomic E-state index is -1.23. The Bertz CT molecular complexity index is 1080. The highest BCUT2D eigenvalue weighted by molar-refractivity contribution is 5.75. The third-order valence-electron chi connectivity index (χ3n) is 15.0. The molecule has 7 rings (SSSR count). The smallest absolute Gasteiger partial charge is 0.309 e. The Labute approximate surface area is 241 Å². The summed E-state index contributed by atoms with van der Waals surface area (Å²) < 4.78 is 12.8. The first kappa shape index (κ1) is 28.1. The van der Waals surface area contributed by atoms with Crippen molar-refractivity contribution in [2.45, 2.75) is 149 Å². The van der Waals surface area contributed by atoms with E-state index in [0.717, 1.165) is 51.4 Å². The SMILES string of the molecule is C[C@@H]1CC(C(OC(=O)C2CC2)C(C)(C)O)OC2[C@H]1C1(C)CCC34CC35CCC(O)C(C)(C)[C@@H]5CCC4[C@]1(C)[C@H]2O. The normalized spacial score (nSPS) is 55.1. The number of aliphatic hydroxyl groups is 3. The lowest BCUT2D eigenvalue weighted by Crippen LogP contribution is -2.59. The van der Waals surface area contributed by atoms with E-state index in [9.17, 15) is 20.1 Å². The molecule has 6 aliphatic carbocycles. The molecular weight excluding hydrogens is 504 g/mol. The van der Waals surface area contributed by atoms with Crippen molar-refractivity contribution in [1.29, 1.82) is 0 Å². The van der Waals surface area contributed by atoms with Crippen molar-refractivity contribution >= 4 is 5.97 Å². The first-order valence-electron chi connectivity index (χ1n) is 16.5. The van der Waals surface area contributed by atoms with Crippen LogP contribution in [0.15, 0.2) is 0 Å². The predicted molar refractivity (Wildman–Crippen MR) is 151 cm³/mol. The maximum Gasteiger partial charge on any atom is 0.309 e. The second-order valence-electron chi connectivity index (χ2n) is 17.4. The molecule has 6 nitrogen and oxygen atoms in total. The molecule has 7 fully saturated rings. The van der Waals surface area contributed by atoms with Gasteiger partial charge in [0.15, 0.2) is 6.10 Å². The summed E-state index contributed by atoms with van der Waals surface area (Å²) in [5, 5.41) is 34.5. The Morgan fingerprint density at radius 2 is 1.60 bits per heavy atom. The fourth-order valence-corrected chi connectivity index (χ4v) is 12.7. The molecule has 7 aliphatic rings. The molecule has 1 saturated heterocycles. The van der Waals surface area contributed by atoms with Crippen molar-refractivity contribution in [1.82, 2.24) is 0 Å². The third kappa shape index (κ3) is 3.29. The van der Waals surface area contributed by atoms with Crippen LogP contribution in [0.25, 0.3) is 0 Å². The average Bonchev–Trinajstić information content (AvgIpc) is 3.78. The molecule has 40 heavy (non-hydrogen) atoms. The summed E-state index contributed by atoms with van der Waals surface area (Å²) in [6, 6.07) is 0. The lowest BCUT2D eigenvalue weighted by Gasteiger charge is -2.63. The monoisotopic (exact) mass is 558 g/mol. The van der Waals surface area contributed by atoms with Gasteiger partial charge in [-0.1, -0.05) is 34.6 Å². The Hall–Kier alpha value is -0.690. The van der Waals surface area contributed by atoms with Crippen LogP contribution < -0.4 is 0 Å². The molecule has 6 saturated carbocycles. The van der Waals surface area contributed by atoms with Crippen LogP contribution in [0, 0.1) is 56.7 Å². The lowest BCUT2D eigenvalue weighted by atomic mass is 9.41. The van der Waals surface area contributed by atoms with Gasteiger partial charge in [0, 0.05) is 5.41 Å². The minimum Gasteiger partial charge on any atom is -0.456 e. The van der Waals surface area contributed by atoms with E-state index in [4.69, 9.17) is 9.47 Å². The molecule has 0 aromatic rings. The number of esters is 1. The quantitative estimate of drug-likeness (QED) is 0.408. The van der Waals surface area contributed by atoms with Gasteiger partial charge in [0.05, 0.1) is 35.9 Å². The summed E-state index contributed by atoms with van der Waals surface area (Å²) in [7, 11) is 0. The topological polar surface area (TPSA) is 96.2 Å². The Morgan fingerprint density at radius 3 is 2.25 bits per heavy atom. The fourth-order valence-electron chi connectivity index (χ4n) is 12.7. The largest absolute Gasteiger partial charge is 0.456 e. The molecule has 13 atom stereocenters. The van der Waals surface area contributed by atoms with Crippen molar-refractivity contribution in [3.8, 4) is 0 Å². The van der Waals surface area contributed by atoms with Gasteiger partial charge >= 0.3 is 5.97 Å². The summed E-state index contributed by atoms with van der Waals surface area (Å²) >= 11 is 0. The van der Waals surface area contributed by atoms with Gasteiger partial charge in [-0.3, -0.25) is 4.79 Å². The number of hydrogen-bond donors (Lipinski definition) is 3. The molecule has 3 N–H and O–H groups in total. The van der Waals surface area contributed by atoms with Crippen molar-refractivity contribution in [2.24, 2.45) is 56.7 Å². The van der Waals surface area contributed by atoms with Gasteiger partial charge < -0.3 is 24.8 Å². The van der Waals surface area contributed by atoms with Crippen molar-refractivity contribution in [3.63, 3.8) is 0 Å². The molecule has 226 valence electrons. The van der Waals surface area contributed by atoms with E-state index >= 15 is 0 Å². The summed E-state index contributed by atoms with van der Waals surface area (Å²) in [6.07, 6.45) is 8.03. The van der Waals surface area contributed by atoms with Gasteiger partial charge in [-0.2, -0.15) is 0 Å². The Kier molecular flexibility index (Phi) is 5.81. The molecule has 0 radical (unpaired) electrons. The first-order chi connectivity index (χ1) is 18.5. The van der Waals surface area contributed by atoms with Gasteiger partial charge in [0.25, 0.3) is 0 Å². The van der Waals surface area contributed by atoms with Gasteiger partial charge in [0.2, 0.25) is 0 Å². The molecular formula is C34H54O6. The van der Waals surface area contributed by atoms with E-state index in [-0.39, 0.29) is 57.6 Å². The molecule has 6 heteroatoms. The van der Waals surface area contributed by atoms with Crippen LogP contribution in [0.1, 0.15) is 113 Å². The van der Waals surface area contributed by atoms with Crippen LogP contribution in [-0.2, 0) is 14.3 Å². The zero-order valence-electron chi connectivity index (χ0n) is 25.9. The Balaban J connectivity index is 1.20. The summed E-state index contributed by atoms with van der Waals surface area (Å²) in [6.45, 7) is 15.2. The number of fused-ring (bicyclic) bond motifs is 4. The first-order valence-corrected chi connectivity index (χ1v) is 16.5. The molecule has 0 amide bonds. The maximum absolute atomic E-state index is 12.7.